The van der Waals surface area contributed by atoms with Crippen molar-refractivity contribution >= 4 is 26.2 Å². The zero-order valence-electron chi connectivity index (χ0n) is 19.5. The molecule has 1 aliphatic heterocycles. The summed E-state index contributed by atoms with van der Waals surface area (Å²) in [5, 5.41) is 3.36. The first-order chi connectivity index (χ1) is 13.9. The van der Waals surface area contributed by atoms with Crippen LogP contribution in [-0.2, 0) is 9.59 Å². The molecule has 0 aromatic carbocycles. The number of hydrogen-bond acceptors (Lipinski definition) is 2. The monoisotopic (exact) mass is 401 g/mol. The van der Waals surface area contributed by atoms with E-state index in [1.54, 1.807) is 0 Å². The molecule has 29 heavy (non-hydrogen) atoms. The molecule has 3 nitrogen and oxygen atoms in total. The highest BCUT2D eigenvalue weighted by molar-refractivity contribution is 7.03. The van der Waals surface area contributed by atoms with E-state index in [0.717, 1.165) is 25.7 Å². The van der Waals surface area contributed by atoms with Gasteiger partial charge < -0.3 is 0 Å². The van der Waals surface area contributed by atoms with Crippen LogP contribution in [0, 0.1) is 0 Å². The summed E-state index contributed by atoms with van der Waals surface area (Å²) < 4.78 is 0. The molecule has 2 fully saturated rings. The Kier molecular flexibility index (Phi) is 10.9. The molecule has 5 heteroatoms. The van der Waals surface area contributed by atoms with E-state index in [2.05, 4.69) is 19.2 Å². The Hall–Kier alpha value is -0.730. The van der Waals surface area contributed by atoms with E-state index in [9.17, 15) is 9.59 Å². The molecule has 0 radical (unpaired) electrons. The second-order valence-electron chi connectivity index (χ2n) is 10.8. The third-order valence-corrected chi connectivity index (χ3v) is 7.79. The molecule has 1 aliphatic carbocycles. The highest BCUT2D eigenvalue weighted by Crippen LogP contribution is 2.43. The van der Waals surface area contributed by atoms with Crippen LogP contribution in [0.25, 0.3) is 0 Å². The Labute approximate surface area is 181 Å². The summed E-state index contributed by atoms with van der Waals surface area (Å²) in [4.78, 5) is 23.7. The highest BCUT2D eigenvalue weighted by Gasteiger charge is 2.32. The minimum atomic E-state index is -0.0839. The van der Waals surface area contributed by atoms with Crippen LogP contribution in [0.4, 0.5) is 0 Å². The molecule has 0 aromatic rings. The van der Waals surface area contributed by atoms with E-state index in [1.165, 1.54) is 91.4 Å². The predicted molar refractivity (Wildman–Crippen MR) is 127 cm³/mol. The Morgan fingerprint density at radius 3 is 1.38 bits per heavy atom. The van der Waals surface area contributed by atoms with Crippen LogP contribution >= 0.6 is 0 Å². The first-order valence-electron chi connectivity index (χ1n) is 12.7. The topological polar surface area (TPSA) is 46.2 Å². The van der Waals surface area contributed by atoms with Crippen LogP contribution in [0.1, 0.15) is 129 Å². The van der Waals surface area contributed by atoms with Gasteiger partial charge in [-0.3, -0.25) is 14.9 Å². The van der Waals surface area contributed by atoms with Crippen LogP contribution < -0.4 is 5.32 Å². The molecule has 1 unspecified atom stereocenters. The summed E-state index contributed by atoms with van der Waals surface area (Å²) in [6.45, 7) is 5.00. The van der Waals surface area contributed by atoms with Crippen LogP contribution in [0.15, 0.2) is 0 Å². The minimum absolute atomic E-state index is 0.0782. The number of imide groups is 1. The highest BCUT2D eigenvalue weighted by atomic mass is 16.2. The van der Waals surface area contributed by atoms with Gasteiger partial charge in [0.15, 0.2) is 0 Å². The summed E-state index contributed by atoms with van der Waals surface area (Å²) >= 11 is 0. The van der Waals surface area contributed by atoms with Gasteiger partial charge in [-0.05, 0) is 12.8 Å². The van der Waals surface area contributed by atoms with Gasteiger partial charge in [-0.2, -0.15) is 0 Å². The standard InChI is InChI=1S/C24H45B2NO2/c1-23(17-11-8-6-4-3-5-7-9-12-18-23)25-26-24(2)19-13-10-15-21(28)27-22(29)16-14-20-24/h25-26H,3-20H2,1-2H3,(H,27,28,29). The molecule has 164 valence electrons. The van der Waals surface area contributed by atoms with Crippen molar-refractivity contribution in [2.75, 3.05) is 0 Å². The van der Waals surface area contributed by atoms with Crippen LogP contribution in [0.2, 0.25) is 10.6 Å². The molecular formula is C24H45B2NO2. The number of amides is 2. The summed E-state index contributed by atoms with van der Waals surface area (Å²) in [6.07, 6.45) is 21.8. The SMILES string of the molecule is CC1(BBC2(C)CCCCC(=O)NC(=O)CCC2)CCCCCCCCCCC1. The van der Waals surface area contributed by atoms with Gasteiger partial charge in [0.25, 0.3) is 0 Å². The van der Waals surface area contributed by atoms with Gasteiger partial charge in [-0.15, -0.1) is 0 Å². The van der Waals surface area contributed by atoms with Crippen LogP contribution in [-0.4, -0.2) is 26.2 Å². The van der Waals surface area contributed by atoms with Crippen LogP contribution in [0.5, 0.6) is 0 Å². The van der Waals surface area contributed by atoms with E-state index < -0.39 is 0 Å². The lowest BCUT2D eigenvalue weighted by Crippen LogP contribution is -2.31. The molecule has 1 saturated heterocycles. The third-order valence-electron chi connectivity index (χ3n) is 7.79. The van der Waals surface area contributed by atoms with E-state index >= 15 is 0 Å². The Bertz CT molecular complexity index is 499. The Morgan fingerprint density at radius 2 is 0.897 bits per heavy atom. The van der Waals surface area contributed by atoms with E-state index in [1.807, 2.05) is 0 Å². The maximum Gasteiger partial charge on any atom is 0.226 e. The maximum atomic E-state index is 11.9. The van der Waals surface area contributed by atoms with Gasteiger partial charge in [0.1, 0.15) is 0 Å². The van der Waals surface area contributed by atoms with Crippen molar-refractivity contribution < 1.29 is 9.59 Å². The van der Waals surface area contributed by atoms with Gasteiger partial charge in [-0.1, -0.05) is 114 Å². The van der Waals surface area contributed by atoms with E-state index in [-0.39, 0.29) is 11.8 Å². The second kappa shape index (κ2) is 12.8. The van der Waals surface area contributed by atoms with Crippen molar-refractivity contribution in [3.63, 3.8) is 0 Å². The third kappa shape index (κ3) is 10.2. The van der Waals surface area contributed by atoms with Crippen molar-refractivity contribution in [3.8, 4) is 0 Å². The molecule has 0 bridgehead atoms. The molecule has 1 saturated carbocycles. The van der Waals surface area contributed by atoms with Crippen molar-refractivity contribution in [1.82, 2.24) is 5.32 Å². The molecular weight excluding hydrogens is 356 g/mol. The van der Waals surface area contributed by atoms with Gasteiger partial charge in [-0.25, -0.2) is 0 Å². The largest absolute Gasteiger partial charge is 0.296 e. The Morgan fingerprint density at radius 1 is 0.552 bits per heavy atom. The molecule has 1 heterocycles. The van der Waals surface area contributed by atoms with Crippen molar-refractivity contribution in [2.45, 2.75) is 140 Å². The number of rotatable bonds is 3. The average molecular weight is 401 g/mol. The summed E-state index contributed by atoms with van der Waals surface area (Å²) in [6, 6.07) is 0. The quantitative estimate of drug-likeness (QED) is 0.478. The lowest BCUT2D eigenvalue weighted by atomic mass is 9.20. The number of nitrogens with one attached hydrogen (secondary N) is 1. The summed E-state index contributed by atoms with van der Waals surface area (Å²) in [5.41, 5.74) is 0. The van der Waals surface area contributed by atoms with Crippen molar-refractivity contribution in [3.05, 3.63) is 0 Å². The van der Waals surface area contributed by atoms with Crippen molar-refractivity contribution in [1.29, 1.82) is 0 Å². The van der Waals surface area contributed by atoms with Crippen LogP contribution in [0.3, 0.4) is 0 Å². The fourth-order valence-electron chi connectivity index (χ4n) is 5.49. The molecule has 1 N–H and O–H groups in total. The maximum absolute atomic E-state index is 11.9. The fraction of sp³-hybridized carbons (Fsp3) is 0.917. The molecule has 0 spiro atoms. The summed E-state index contributed by atoms with van der Waals surface area (Å²) in [7, 11) is 2.60. The zero-order valence-corrected chi connectivity index (χ0v) is 19.5. The average Bonchev–Trinajstić information content (AvgIpc) is 2.69. The smallest absolute Gasteiger partial charge is 0.226 e. The molecule has 0 aromatic heterocycles. The number of carbonyl (C=O) groups is 2. The first kappa shape index (κ1) is 24.5. The number of hydrogen-bond donors (Lipinski definition) is 1. The minimum Gasteiger partial charge on any atom is -0.296 e. The van der Waals surface area contributed by atoms with E-state index in [4.69, 9.17) is 0 Å². The Balaban J connectivity index is 1.92. The number of carbonyl (C=O) groups excluding carboxylic acids is 2. The van der Waals surface area contributed by atoms with Gasteiger partial charge in [0, 0.05) is 12.8 Å². The normalized spacial score (nSPS) is 28.8. The van der Waals surface area contributed by atoms with Gasteiger partial charge in [0.05, 0.1) is 14.3 Å². The summed E-state index contributed by atoms with van der Waals surface area (Å²) in [5.74, 6) is -0.162. The predicted octanol–water partition coefficient (Wildman–Crippen LogP) is 5.82. The molecule has 2 amide bonds. The zero-order chi connectivity index (χ0) is 21.0. The fourth-order valence-corrected chi connectivity index (χ4v) is 5.49. The molecule has 2 aliphatic rings. The second-order valence-corrected chi connectivity index (χ2v) is 10.8. The lowest BCUT2D eigenvalue weighted by molar-refractivity contribution is -0.130. The first-order valence-corrected chi connectivity index (χ1v) is 12.7. The molecule has 1 atom stereocenters. The van der Waals surface area contributed by atoms with Crippen molar-refractivity contribution in [2.24, 2.45) is 0 Å². The van der Waals surface area contributed by atoms with Gasteiger partial charge >= 0.3 is 0 Å². The van der Waals surface area contributed by atoms with Gasteiger partial charge in [0.2, 0.25) is 11.8 Å². The lowest BCUT2D eigenvalue weighted by Gasteiger charge is -2.35. The van der Waals surface area contributed by atoms with E-state index in [0.29, 0.717) is 23.5 Å². The molecule has 2 rings (SSSR count).